The molecule has 9 heteroatoms. The van der Waals surface area contributed by atoms with Crippen molar-refractivity contribution < 1.29 is 18.7 Å². The van der Waals surface area contributed by atoms with Crippen LogP contribution < -0.4 is 15.4 Å². The van der Waals surface area contributed by atoms with Crippen LogP contribution in [0.2, 0.25) is 0 Å². The molecular weight excluding hydrogens is 353 g/mol. The normalized spacial score (nSPS) is 15.4. The Balaban J connectivity index is 1.70. The molecule has 0 radical (unpaired) electrons. The first kappa shape index (κ1) is 18.8. The number of likely N-dealkylation sites (tertiary alicyclic amines) is 1. The maximum absolute atomic E-state index is 13.5. The van der Waals surface area contributed by atoms with E-state index in [0.29, 0.717) is 0 Å². The van der Waals surface area contributed by atoms with E-state index in [1.54, 1.807) is 0 Å². The molecule has 1 aliphatic rings. The van der Waals surface area contributed by atoms with Crippen LogP contribution in [0.4, 0.5) is 10.1 Å². The molecule has 2 amide bonds. The number of anilines is 1. The van der Waals surface area contributed by atoms with E-state index in [-0.39, 0.29) is 34.6 Å². The Morgan fingerprint density at radius 1 is 1.30 bits per heavy atom. The van der Waals surface area contributed by atoms with Crippen LogP contribution in [0.25, 0.3) is 0 Å². The second-order valence-electron chi connectivity index (χ2n) is 6.51. The van der Waals surface area contributed by atoms with Gasteiger partial charge in [-0.2, -0.15) is 5.10 Å². The number of nitrogens with one attached hydrogen (secondary N) is 3. The Kier molecular flexibility index (Phi) is 5.70. The van der Waals surface area contributed by atoms with Crippen LogP contribution in [0.15, 0.2) is 24.4 Å². The topological polar surface area (TPSA) is 99.3 Å². The van der Waals surface area contributed by atoms with Crippen molar-refractivity contribution in [2.24, 2.45) is 0 Å². The number of carbonyl (C=O) groups is 2. The molecule has 1 aliphatic heterocycles. The SMILES string of the molecule is COc1ccc(F)cc1C(=O)Nc1cn[nH]c1C(=O)NC1CCN(C)CC1. The Morgan fingerprint density at radius 2 is 2.04 bits per heavy atom. The molecule has 0 bridgehead atoms. The number of rotatable bonds is 5. The first-order valence-electron chi connectivity index (χ1n) is 8.65. The van der Waals surface area contributed by atoms with E-state index in [9.17, 15) is 14.0 Å². The number of ether oxygens (including phenoxy) is 1. The van der Waals surface area contributed by atoms with Gasteiger partial charge in [0.05, 0.1) is 24.6 Å². The Bertz CT molecular complexity index is 830. The molecule has 3 rings (SSSR count). The van der Waals surface area contributed by atoms with Crippen molar-refractivity contribution in [3.63, 3.8) is 0 Å². The van der Waals surface area contributed by atoms with Gasteiger partial charge in [0, 0.05) is 6.04 Å². The molecule has 0 unspecified atom stereocenters. The maximum atomic E-state index is 13.5. The van der Waals surface area contributed by atoms with Gasteiger partial charge in [-0.15, -0.1) is 0 Å². The third-order valence-electron chi connectivity index (χ3n) is 4.57. The minimum Gasteiger partial charge on any atom is -0.496 e. The molecule has 0 aliphatic carbocycles. The van der Waals surface area contributed by atoms with Crippen molar-refractivity contribution in [1.29, 1.82) is 0 Å². The smallest absolute Gasteiger partial charge is 0.271 e. The van der Waals surface area contributed by atoms with Crippen molar-refractivity contribution in [3.8, 4) is 5.75 Å². The fourth-order valence-electron chi connectivity index (χ4n) is 3.01. The van der Waals surface area contributed by atoms with Crippen molar-refractivity contribution in [3.05, 3.63) is 41.5 Å². The number of benzene rings is 1. The predicted octanol–water partition coefficient (Wildman–Crippen LogP) is 1.63. The van der Waals surface area contributed by atoms with Crippen molar-refractivity contribution in [1.82, 2.24) is 20.4 Å². The van der Waals surface area contributed by atoms with Crippen LogP contribution >= 0.6 is 0 Å². The first-order chi connectivity index (χ1) is 13.0. The van der Waals surface area contributed by atoms with E-state index in [0.717, 1.165) is 32.0 Å². The van der Waals surface area contributed by atoms with Gasteiger partial charge in [0.25, 0.3) is 11.8 Å². The first-order valence-corrected chi connectivity index (χ1v) is 8.65. The minimum atomic E-state index is -0.596. The third kappa shape index (κ3) is 4.43. The zero-order chi connectivity index (χ0) is 19.4. The maximum Gasteiger partial charge on any atom is 0.271 e. The predicted molar refractivity (Wildman–Crippen MR) is 97.5 cm³/mol. The molecule has 2 aromatic rings. The molecule has 8 nitrogen and oxygen atoms in total. The summed E-state index contributed by atoms with van der Waals surface area (Å²) in [5.74, 6) is -1.27. The molecule has 27 heavy (non-hydrogen) atoms. The van der Waals surface area contributed by atoms with Gasteiger partial charge < -0.3 is 20.3 Å². The quantitative estimate of drug-likeness (QED) is 0.738. The summed E-state index contributed by atoms with van der Waals surface area (Å²) in [4.78, 5) is 27.3. The number of nitrogens with zero attached hydrogens (tertiary/aromatic N) is 2. The summed E-state index contributed by atoms with van der Waals surface area (Å²) in [6, 6.07) is 3.72. The van der Waals surface area contributed by atoms with Gasteiger partial charge in [-0.05, 0) is 51.2 Å². The average molecular weight is 375 g/mol. The van der Waals surface area contributed by atoms with E-state index >= 15 is 0 Å². The van der Waals surface area contributed by atoms with E-state index in [1.165, 1.54) is 25.4 Å². The number of hydrogen-bond donors (Lipinski definition) is 3. The van der Waals surface area contributed by atoms with Crippen LogP contribution in [0.5, 0.6) is 5.75 Å². The number of methoxy groups -OCH3 is 1. The largest absolute Gasteiger partial charge is 0.496 e. The van der Waals surface area contributed by atoms with Gasteiger partial charge >= 0.3 is 0 Å². The molecule has 0 atom stereocenters. The van der Waals surface area contributed by atoms with Crippen LogP contribution in [-0.2, 0) is 0 Å². The zero-order valence-corrected chi connectivity index (χ0v) is 15.2. The minimum absolute atomic E-state index is 0.0281. The average Bonchev–Trinajstić information content (AvgIpc) is 3.11. The number of H-pyrrole nitrogens is 1. The molecule has 1 fully saturated rings. The van der Waals surface area contributed by atoms with Gasteiger partial charge in [-0.1, -0.05) is 0 Å². The highest BCUT2D eigenvalue weighted by Gasteiger charge is 2.23. The summed E-state index contributed by atoms with van der Waals surface area (Å²) >= 11 is 0. The number of carbonyl (C=O) groups excluding carboxylic acids is 2. The molecule has 1 saturated heterocycles. The summed E-state index contributed by atoms with van der Waals surface area (Å²) < 4.78 is 18.6. The van der Waals surface area contributed by atoms with Crippen molar-refractivity contribution in [2.45, 2.75) is 18.9 Å². The molecule has 0 spiro atoms. The van der Waals surface area contributed by atoms with Gasteiger partial charge in [0.2, 0.25) is 0 Å². The summed E-state index contributed by atoms with van der Waals surface area (Å²) in [5, 5.41) is 12.0. The van der Waals surface area contributed by atoms with Crippen molar-refractivity contribution >= 4 is 17.5 Å². The van der Waals surface area contributed by atoms with Crippen LogP contribution in [0, 0.1) is 5.82 Å². The monoisotopic (exact) mass is 375 g/mol. The van der Waals surface area contributed by atoms with Gasteiger partial charge in [-0.25, -0.2) is 4.39 Å². The lowest BCUT2D eigenvalue weighted by molar-refractivity contribution is 0.0912. The van der Waals surface area contributed by atoms with Crippen LogP contribution in [0.1, 0.15) is 33.7 Å². The van der Waals surface area contributed by atoms with E-state index in [4.69, 9.17) is 4.74 Å². The zero-order valence-electron chi connectivity index (χ0n) is 15.2. The second-order valence-corrected chi connectivity index (χ2v) is 6.51. The Hall–Kier alpha value is -2.94. The third-order valence-corrected chi connectivity index (χ3v) is 4.57. The number of halogens is 1. The Labute approximate surface area is 156 Å². The second kappa shape index (κ2) is 8.17. The molecule has 1 aromatic carbocycles. The summed E-state index contributed by atoms with van der Waals surface area (Å²) in [5.41, 5.74) is 0.398. The fraction of sp³-hybridized carbons (Fsp3) is 0.389. The van der Waals surface area contributed by atoms with Crippen molar-refractivity contribution in [2.75, 3.05) is 32.6 Å². The lowest BCUT2D eigenvalue weighted by Crippen LogP contribution is -2.43. The fourth-order valence-corrected chi connectivity index (χ4v) is 3.01. The highest BCUT2D eigenvalue weighted by molar-refractivity contribution is 6.09. The van der Waals surface area contributed by atoms with Gasteiger partial charge in [-0.3, -0.25) is 14.7 Å². The molecule has 2 heterocycles. The number of hydrogen-bond acceptors (Lipinski definition) is 5. The highest BCUT2D eigenvalue weighted by Crippen LogP contribution is 2.22. The summed E-state index contributed by atoms with van der Waals surface area (Å²) in [6.45, 7) is 1.83. The van der Waals surface area contributed by atoms with E-state index in [1.807, 2.05) is 7.05 Å². The summed E-state index contributed by atoms with van der Waals surface area (Å²) in [7, 11) is 3.43. The summed E-state index contributed by atoms with van der Waals surface area (Å²) in [6.07, 6.45) is 3.06. The van der Waals surface area contributed by atoms with Crippen LogP contribution in [-0.4, -0.2) is 60.2 Å². The number of piperidine rings is 1. The standard InChI is InChI=1S/C18H22FN5O3/c1-24-7-5-12(6-8-24)21-18(26)16-14(10-20-23-16)22-17(25)13-9-11(19)3-4-15(13)27-2/h3-4,9-10,12H,5-8H2,1-2H3,(H,20,23)(H,21,26)(H,22,25). The molecule has 0 saturated carbocycles. The van der Waals surface area contributed by atoms with E-state index < -0.39 is 11.7 Å². The number of amides is 2. The number of aromatic amines is 1. The molecule has 3 N–H and O–H groups in total. The van der Waals surface area contributed by atoms with Gasteiger partial charge in [0.15, 0.2) is 0 Å². The molecule has 144 valence electrons. The highest BCUT2D eigenvalue weighted by atomic mass is 19.1. The lowest BCUT2D eigenvalue weighted by atomic mass is 10.1. The molecule has 1 aromatic heterocycles. The van der Waals surface area contributed by atoms with Crippen LogP contribution in [0.3, 0.4) is 0 Å². The van der Waals surface area contributed by atoms with E-state index in [2.05, 4.69) is 25.7 Å². The Morgan fingerprint density at radius 3 is 2.74 bits per heavy atom. The van der Waals surface area contributed by atoms with Gasteiger partial charge in [0.1, 0.15) is 17.3 Å². The number of aromatic nitrogens is 2. The lowest BCUT2D eigenvalue weighted by Gasteiger charge is -2.29. The molecular formula is C18H22FN5O3.